The molecule has 2 amide bonds. The highest BCUT2D eigenvalue weighted by Crippen LogP contribution is 2.37. The Labute approximate surface area is 289 Å². The van der Waals surface area contributed by atoms with Crippen molar-refractivity contribution in [2.24, 2.45) is 0 Å². The molecular weight excluding hydrogens is 735 g/mol. The number of aromatic carboxylic acids is 2. The standard InChI is InChI=1S/C14H7ClF3NO5.C14H16N6O6S/c15-10-5-7(14(16,17)18)1-4-12(10)24-8-2-3-11(19(22)23)9(6-8)13(20)21;1-3-26-14-18-11(15-2)16-12(19-14)17-13(23)20-27(24,25)9-7-5-4-6-8(9)10(21)22/h1-6H,(H,20,21);4-7H,3H2,1-2H3,(H,21,22)(H3,15,16,17,18,19,20,23). The normalized spacial score (nSPS) is 10.9. The summed E-state index contributed by atoms with van der Waals surface area (Å²) in [5.41, 5.74) is -2.72. The number of carbonyl (C=O) groups excluding carboxylic acids is 1. The Morgan fingerprint density at radius 1 is 0.961 bits per heavy atom. The first kappa shape index (κ1) is 39.2. The Morgan fingerprint density at radius 2 is 1.61 bits per heavy atom. The summed E-state index contributed by atoms with van der Waals surface area (Å²) in [6.07, 6.45) is -4.58. The summed E-state index contributed by atoms with van der Waals surface area (Å²) in [6, 6.07) is 8.86. The molecular formula is C28H23ClF3N7O11S. The lowest BCUT2D eigenvalue weighted by Gasteiger charge is -2.11. The third-order valence-electron chi connectivity index (χ3n) is 5.85. The van der Waals surface area contributed by atoms with Gasteiger partial charge in [-0.15, -0.1) is 0 Å². The molecule has 0 unspecified atom stereocenters. The fraction of sp³-hybridized carbons (Fsp3) is 0.143. The number of anilines is 2. The SMILES string of the molecule is CCOc1nc(NC)nc(NC(=O)NS(=O)(=O)c2ccccc2C(=O)O)n1.O=C(O)c1cc(Oc2ccc(C(F)(F)F)cc2Cl)ccc1[N+](=O)[O-]. The van der Waals surface area contributed by atoms with Gasteiger partial charge in [-0.1, -0.05) is 23.7 Å². The zero-order chi connectivity index (χ0) is 38.1. The number of aromatic nitrogens is 3. The highest BCUT2D eigenvalue weighted by molar-refractivity contribution is 7.90. The summed E-state index contributed by atoms with van der Waals surface area (Å²) in [4.78, 5) is 55.1. The quantitative estimate of drug-likeness (QED) is 0.0963. The van der Waals surface area contributed by atoms with Crippen LogP contribution in [0, 0.1) is 10.1 Å². The van der Waals surface area contributed by atoms with Crippen LogP contribution in [-0.2, 0) is 16.2 Å². The molecule has 5 N–H and O–H groups in total. The fourth-order valence-corrected chi connectivity index (χ4v) is 5.02. The van der Waals surface area contributed by atoms with Gasteiger partial charge >= 0.3 is 30.2 Å². The van der Waals surface area contributed by atoms with E-state index in [2.05, 4.69) is 25.6 Å². The van der Waals surface area contributed by atoms with E-state index in [4.69, 9.17) is 31.3 Å². The first-order valence-electron chi connectivity index (χ1n) is 13.6. The van der Waals surface area contributed by atoms with Gasteiger partial charge in [0.15, 0.2) is 0 Å². The third-order valence-corrected chi connectivity index (χ3v) is 7.54. The van der Waals surface area contributed by atoms with Crippen molar-refractivity contribution in [1.29, 1.82) is 0 Å². The summed E-state index contributed by atoms with van der Waals surface area (Å²) >= 11 is 5.72. The number of nitrogens with zero attached hydrogens (tertiary/aromatic N) is 4. The molecule has 0 fully saturated rings. The molecule has 0 saturated heterocycles. The average Bonchev–Trinajstić information content (AvgIpc) is 3.05. The second-order valence-corrected chi connectivity index (χ2v) is 11.4. The number of benzene rings is 3. The lowest BCUT2D eigenvalue weighted by molar-refractivity contribution is -0.385. The molecule has 0 spiro atoms. The number of nitro groups is 1. The molecule has 3 aromatic carbocycles. The summed E-state index contributed by atoms with van der Waals surface area (Å²) < 4.78 is 74.4. The molecule has 0 bridgehead atoms. The zero-order valence-corrected chi connectivity index (χ0v) is 27.3. The molecule has 1 aromatic heterocycles. The van der Waals surface area contributed by atoms with E-state index in [1.807, 2.05) is 0 Å². The number of hydrogen-bond donors (Lipinski definition) is 5. The van der Waals surface area contributed by atoms with Gasteiger partial charge in [-0.05, 0) is 43.3 Å². The molecule has 18 nitrogen and oxygen atoms in total. The Morgan fingerprint density at radius 3 is 2.18 bits per heavy atom. The van der Waals surface area contributed by atoms with Crippen molar-refractivity contribution < 1.29 is 60.6 Å². The van der Waals surface area contributed by atoms with Crippen molar-refractivity contribution in [2.45, 2.75) is 18.0 Å². The number of halogens is 4. The number of hydrogen-bond acceptors (Lipinski definition) is 13. The Hall–Kier alpha value is -6.29. The van der Waals surface area contributed by atoms with Crippen LogP contribution in [0.4, 0.5) is 35.5 Å². The molecule has 0 aliphatic rings. The monoisotopic (exact) mass is 757 g/mol. The van der Waals surface area contributed by atoms with E-state index in [1.165, 1.54) is 19.2 Å². The second kappa shape index (κ2) is 16.4. The van der Waals surface area contributed by atoms with Crippen LogP contribution in [0.15, 0.2) is 65.6 Å². The molecule has 0 atom stereocenters. The predicted molar refractivity (Wildman–Crippen MR) is 170 cm³/mol. The van der Waals surface area contributed by atoms with E-state index in [0.717, 1.165) is 42.5 Å². The number of ether oxygens (including phenoxy) is 2. The van der Waals surface area contributed by atoms with Crippen LogP contribution in [0.3, 0.4) is 0 Å². The second-order valence-electron chi connectivity index (χ2n) is 9.30. The Kier molecular flexibility index (Phi) is 12.6. The van der Waals surface area contributed by atoms with Crippen LogP contribution >= 0.6 is 11.6 Å². The number of alkyl halides is 3. The van der Waals surface area contributed by atoms with E-state index < -0.39 is 66.4 Å². The number of sulfonamides is 1. The van der Waals surface area contributed by atoms with E-state index in [0.29, 0.717) is 6.07 Å². The minimum atomic E-state index is -4.58. The smallest absolute Gasteiger partial charge is 0.416 e. The summed E-state index contributed by atoms with van der Waals surface area (Å²) in [5.74, 6) is -3.46. The fourth-order valence-electron chi connectivity index (χ4n) is 3.70. The summed E-state index contributed by atoms with van der Waals surface area (Å²) in [7, 11) is -2.92. The van der Waals surface area contributed by atoms with Crippen molar-refractivity contribution in [3.63, 3.8) is 0 Å². The van der Waals surface area contributed by atoms with E-state index >= 15 is 0 Å². The van der Waals surface area contributed by atoms with Gasteiger partial charge in [-0.25, -0.2) is 27.5 Å². The highest BCUT2D eigenvalue weighted by Gasteiger charge is 2.31. The number of carboxylic acids is 2. The van der Waals surface area contributed by atoms with E-state index in [1.54, 1.807) is 11.6 Å². The molecule has 0 radical (unpaired) electrons. The largest absolute Gasteiger partial charge is 0.478 e. The topological polar surface area (TPSA) is 262 Å². The maximum atomic E-state index is 12.6. The number of carboxylic acid groups (broad SMARTS) is 2. The molecule has 51 heavy (non-hydrogen) atoms. The van der Waals surface area contributed by atoms with Crippen molar-refractivity contribution in [1.82, 2.24) is 19.7 Å². The van der Waals surface area contributed by atoms with E-state index in [9.17, 15) is 46.1 Å². The van der Waals surface area contributed by atoms with Gasteiger partial charge in [0.2, 0.25) is 11.9 Å². The number of nitro benzene ring substituents is 1. The van der Waals surface area contributed by atoms with Crippen LogP contribution in [0.2, 0.25) is 5.02 Å². The molecule has 4 rings (SSSR count). The van der Waals surface area contributed by atoms with Gasteiger partial charge in [0.1, 0.15) is 22.0 Å². The molecule has 270 valence electrons. The summed E-state index contributed by atoms with van der Waals surface area (Å²) in [5, 5.41) is 33.2. The average molecular weight is 758 g/mol. The van der Waals surface area contributed by atoms with Crippen LogP contribution in [-0.4, -0.2) is 70.1 Å². The van der Waals surface area contributed by atoms with Gasteiger partial charge in [-0.2, -0.15) is 28.1 Å². The lowest BCUT2D eigenvalue weighted by atomic mass is 10.1. The number of amides is 2. The Balaban J connectivity index is 0.000000277. The maximum Gasteiger partial charge on any atom is 0.416 e. The lowest BCUT2D eigenvalue weighted by Crippen LogP contribution is -2.35. The summed E-state index contributed by atoms with van der Waals surface area (Å²) in [6.45, 7) is 1.97. The number of carbonyl (C=O) groups is 3. The number of urea groups is 1. The molecule has 0 saturated carbocycles. The minimum absolute atomic E-state index is 0.0776. The first-order valence-corrected chi connectivity index (χ1v) is 15.5. The Bertz CT molecular complexity index is 2090. The molecule has 1 heterocycles. The minimum Gasteiger partial charge on any atom is -0.478 e. The van der Waals surface area contributed by atoms with Gasteiger partial charge in [0, 0.05) is 19.2 Å². The van der Waals surface area contributed by atoms with E-state index in [-0.39, 0.29) is 41.0 Å². The van der Waals surface area contributed by atoms with Crippen LogP contribution in [0.5, 0.6) is 17.5 Å². The van der Waals surface area contributed by atoms with Crippen molar-refractivity contribution in [2.75, 3.05) is 24.3 Å². The van der Waals surface area contributed by atoms with Crippen molar-refractivity contribution in [3.05, 3.63) is 92.5 Å². The number of nitrogens with one attached hydrogen (secondary N) is 3. The van der Waals surface area contributed by atoms with Crippen LogP contribution < -0.4 is 24.8 Å². The molecule has 23 heteroatoms. The molecule has 0 aliphatic carbocycles. The van der Waals surface area contributed by atoms with Crippen LogP contribution in [0.25, 0.3) is 0 Å². The zero-order valence-electron chi connectivity index (χ0n) is 25.8. The first-order chi connectivity index (χ1) is 23.9. The van der Waals surface area contributed by atoms with Crippen molar-refractivity contribution in [3.8, 4) is 17.5 Å². The number of rotatable bonds is 11. The van der Waals surface area contributed by atoms with Crippen molar-refractivity contribution >= 4 is 57.2 Å². The highest BCUT2D eigenvalue weighted by atomic mass is 35.5. The van der Waals surface area contributed by atoms with Gasteiger partial charge in [0.05, 0.1) is 27.7 Å². The van der Waals surface area contributed by atoms with Crippen LogP contribution in [0.1, 0.15) is 33.2 Å². The molecule has 0 aliphatic heterocycles. The third kappa shape index (κ3) is 10.6. The molecule has 4 aromatic rings. The van der Waals surface area contributed by atoms with Gasteiger partial charge < -0.3 is 25.0 Å². The van der Waals surface area contributed by atoms with Gasteiger partial charge in [0.25, 0.3) is 15.7 Å². The van der Waals surface area contributed by atoms with Gasteiger partial charge in [-0.3, -0.25) is 15.4 Å². The maximum absolute atomic E-state index is 12.6. The predicted octanol–water partition coefficient (Wildman–Crippen LogP) is 5.28.